The smallest absolute Gasteiger partial charge is 0.337 e. The van der Waals surface area contributed by atoms with Crippen LogP contribution in [0.15, 0.2) is 54.6 Å². The number of esters is 1. The molecule has 2 atom stereocenters. The minimum absolute atomic E-state index is 0.267. The van der Waals surface area contributed by atoms with Crippen molar-refractivity contribution in [1.82, 2.24) is 19.6 Å². The van der Waals surface area contributed by atoms with Gasteiger partial charge in [-0.25, -0.2) is 4.79 Å². The molecule has 0 aliphatic carbocycles. The lowest BCUT2D eigenvalue weighted by Gasteiger charge is -2.40. The highest BCUT2D eigenvalue weighted by Gasteiger charge is 2.33. The summed E-state index contributed by atoms with van der Waals surface area (Å²) in [6, 6.07) is 18.7. The lowest BCUT2D eigenvalue weighted by Crippen LogP contribution is -2.49. The first kappa shape index (κ1) is 25.4. The number of fused-ring (bicyclic) bond motifs is 2. The van der Waals surface area contributed by atoms with E-state index in [0.29, 0.717) is 11.7 Å². The Kier molecular flexibility index (Phi) is 8.70. The van der Waals surface area contributed by atoms with Gasteiger partial charge in [-0.3, -0.25) is 19.6 Å². The SMILES string of the molecule is COC(=O)c1ccc(CN2CCCN3CCCC32)cc1.c1ccc(CN2CCCN3CCCC32)cc1. The Hall–Kier alpha value is -2.25. The summed E-state index contributed by atoms with van der Waals surface area (Å²) in [5.74, 6) is -0.267. The van der Waals surface area contributed by atoms with Gasteiger partial charge in [0.25, 0.3) is 0 Å². The first-order valence-electron chi connectivity index (χ1n) is 13.9. The molecular weight excluding hydrogens is 448 g/mol. The van der Waals surface area contributed by atoms with Crippen molar-refractivity contribution in [1.29, 1.82) is 0 Å². The minimum Gasteiger partial charge on any atom is -0.465 e. The van der Waals surface area contributed by atoms with Crippen LogP contribution in [0.1, 0.15) is 60.0 Å². The Labute approximate surface area is 216 Å². The number of ether oxygens (including phenoxy) is 1. The van der Waals surface area contributed by atoms with Gasteiger partial charge in [0.1, 0.15) is 0 Å². The van der Waals surface area contributed by atoms with Crippen LogP contribution in [0.4, 0.5) is 0 Å². The molecule has 4 heterocycles. The van der Waals surface area contributed by atoms with E-state index in [1.165, 1.54) is 96.0 Å². The lowest BCUT2D eigenvalue weighted by atomic mass is 10.1. The van der Waals surface area contributed by atoms with E-state index in [1.807, 2.05) is 24.3 Å². The average molecular weight is 491 g/mol. The monoisotopic (exact) mass is 490 g/mol. The zero-order valence-electron chi connectivity index (χ0n) is 21.9. The number of hydrogen-bond acceptors (Lipinski definition) is 6. The summed E-state index contributed by atoms with van der Waals surface area (Å²) < 4.78 is 4.73. The van der Waals surface area contributed by atoms with E-state index < -0.39 is 0 Å². The molecule has 6 heteroatoms. The van der Waals surface area contributed by atoms with E-state index in [1.54, 1.807) is 0 Å². The fourth-order valence-electron chi connectivity index (χ4n) is 6.50. The van der Waals surface area contributed by atoms with E-state index >= 15 is 0 Å². The number of carbonyl (C=O) groups is 1. The molecule has 36 heavy (non-hydrogen) atoms. The van der Waals surface area contributed by atoms with Crippen LogP contribution in [0.25, 0.3) is 0 Å². The van der Waals surface area contributed by atoms with Gasteiger partial charge < -0.3 is 4.74 Å². The fourth-order valence-corrected chi connectivity index (χ4v) is 6.50. The summed E-state index contributed by atoms with van der Waals surface area (Å²) in [5.41, 5.74) is 3.35. The third-order valence-electron chi connectivity index (χ3n) is 8.27. The van der Waals surface area contributed by atoms with Crippen LogP contribution in [-0.4, -0.2) is 84.3 Å². The Bertz CT molecular complexity index is 967. The average Bonchev–Trinajstić information content (AvgIpc) is 3.61. The molecule has 0 N–H and O–H groups in total. The van der Waals surface area contributed by atoms with Gasteiger partial charge >= 0.3 is 5.97 Å². The van der Waals surface area contributed by atoms with Crippen molar-refractivity contribution in [2.24, 2.45) is 0 Å². The molecule has 0 saturated carbocycles. The summed E-state index contributed by atoms with van der Waals surface area (Å²) >= 11 is 0. The molecule has 0 amide bonds. The third kappa shape index (κ3) is 6.17. The number of carbonyl (C=O) groups excluding carboxylic acids is 1. The number of hydrogen-bond donors (Lipinski definition) is 0. The minimum atomic E-state index is -0.267. The maximum Gasteiger partial charge on any atom is 0.337 e. The van der Waals surface area contributed by atoms with Gasteiger partial charge in [-0.05, 0) is 74.9 Å². The van der Waals surface area contributed by atoms with Crippen molar-refractivity contribution < 1.29 is 9.53 Å². The molecule has 4 fully saturated rings. The van der Waals surface area contributed by atoms with E-state index in [9.17, 15) is 4.79 Å². The van der Waals surface area contributed by atoms with Crippen molar-refractivity contribution in [3.05, 3.63) is 71.3 Å². The van der Waals surface area contributed by atoms with Gasteiger partial charge in [0.2, 0.25) is 0 Å². The molecule has 4 aliphatic rings. The lowest BCUT2D eigenvalue weighted by molar-refractivity contribution is 0.0286. The summed E-state index contributed by atoms with van der Waals surface area (Å²) in [7, 11) is 1.42. The Balaban J connectivity index is 0.000000152. The fraction of sp³-hybridized carbons (Fsp3) is 0.567. The number of rotatable bonds is 5. The van der Waals surface area contributed by atoms with E-state index in [-0.39, 0.29) is 5.97 Å². The standard InChI is InChI=1S/C16H22N2O2.C14H20N2/c1-20-16(19)14-7-5-13(6-8-14)12-18-11-3-10-17-9-2-4-15(17)18;1-2-6-13(7-3-1)12-16-11-5-10-15-9-4-8-14(15)16/h5-8,15H,2-4,9-12H2,1H3;1-3,6-7,14H,4-5,8-12H2. The van der Waals surface area contributed by atoms with Crippen LogP contribution in [0.3, 0.4) is 0 Å². The maximum atomic E-state index is 11.4. The van der Waals surface area contributed by atoms with Gasteiger partial charge in [0.05, 0.1) is 25.0 Å². The highest BCUT2D eigenvalue weighted by atomic mass is 16.5. The van der Waals surface area contributed by atoms with Gasteiger partial charge in [-0.2, -0.15) is 0 Å². The number of nitrogens with zero attached hydrogens (tertiary/aromatic N) is 4. The number of methoxy groups -OCH3 is 1. The van der Waals surface area contributed by atoms with Crippen molar-refractivity contribution >= 4 is 5.97 Å². The van der Waals surface area contributed by atoms with Crippen LogP contribution in [0, 0.1) is 0 Å². The second-order valence-corrected chi connectivity index (χ2v) is 10.6. The summed E-state index contributed by atoms with van der Waals surface area (Å²) in [6.07, 6.45) is 9.32. The highest BCUT2D eigenvalue weighted by molar-refractivity contribution is 5.89. The normalized spacial score (nSPS) is 25.0. The predicted molar refractivity (Wildman–Crippen MR) is 143 cm³/mol. The topological polar surface area (TPSA) is 39.3 Å². The molecule has 2 aromatic carbocycles. The van der Waals surface area contributed by atoms with Crippen LogP contribution in [-0.2, 0) is 17.8 Å². The van der Waals surface area contributed by atoms with Gasteiger partial charge in [0, 0.05) is 39.3 Å². The Morgan fingerprint density at radius 1 is 0.694 bits per heavy atom. The molecule has 2 aromatic rings. The quantitative estimate of drug-likeness (QED) is 0.578. The second-order valence-electron chi connectivity index (χ2n) is 10.6. The first-order chi connectivity index (χ1) is 17.7. The molecule has 0 bridgehead atoms. The van der Waals surface area contributed by atoms with E-state index in [2.05, 4.69) is 49.9 Å². The van der Waals surface area contributed by atoms with Crippen molar-refractivity contribution in [2.45, 2.75) is 63.9 Å². The molecule has 0 spiro atoms. The molecule has 6 rings (SSSR count). The summed E-state index contributed by atoms with van der Waals surface area (Å²) in [4.78, 5) is 21.9. The predicted octanol–water partition coefficient (Wildman–Crippen LogP) is 4.42. The van der Waals surface area contributed by atoms with Crippen LogP contribution in [0.2, 0.25) is 0 Å². The molecule has 4 aliphatic heterocycles. The molecular formula is C30H42N4O2. The van der Waals surface area contributed by atoms with Crippen LogP contribution in [0.5, 0.6) is 0 Å². The maximum absolute atomic E-state index is 11.4. The second kappa shape index (κ2) is 12.3. The van der Waals surface area contributed by atoms with Gasteiger partial charge in [-0.1, -0.05) is 42.5 Å². The first-order valence-corrected chi connectivity index (χ1v) is 13.9. The van der Waals surface area contributed by atoms with Crippen molar-refractivity contribution in [3.8, 4) is 0 Å². The zero-order chi connectivity index (χ0) is 24.7. The molecule has 0 aromatic heterocycles. The van der Waals surface area contributed by atoms with Crippen LogP contribution >= 0.6 is 0 Å². The van der Waals surface area contributed by atoms with Crippen molar-refractivity contribution in [3.63, 3.8) is 0 Å². The van der Waals surface area contributed by atoms with Crippen LogP contribution < -0.4 is 0 Å². The summed E-state index contributed by atoms with van der Waals surface area (Å²) in [5, 5.41) is 0. The van der Waals surface area contributed by atoms with E-state index in [0.717, 1.165) is 19.3 Å². The van der Waals surface area contributed by atoms with Gasteiger partial charge in [0.15, 0.2) is 0 Å². The van der Waals surface area contributed by atoms with E-state index in [4.69, 9.17) is 4.74 Å². The molecule has 194 valence electrons. The molecule has 4 saturated heterocycles. The van der Waals surface area contributed by atoms with Crippen molar-refractivity contribution in [2.75, 3.05) is 46.4 Å². The molecule has 6 nitrogen and oxygen atoms in total. The number of benzene rings is 2. The largest absolute Gasteiger partial charge is 0.465 e. The molecule has 2 unspecified atom stereocenters. The zero-order valence-corrected chi connectivity index (χ0v) is 21.9. The summed E-state index contributed by atoms with van der Waals surface area (Å²) in [6.45, 7) is 9.69. The third-order valence-corrected chi connectivity index (χ3v) is 8.27. The Morgan fingerprint density at radius 2 is 1.19 bits per heavy atom. The molecule has 0 radical (unpaired) electrons. The highest BCUT2D eigenvalue weighted by Crippen LogP contribution is 2.27. The van der Waals surface area contributed by atoms with Gasteiger partial charge in [-0.15, -0.1) is 0 Å². The Morgan fingerprint density at radius 3 is 1.72 bits per heavy atom.